The number of nitrogens with zero attached hydrogens (tertiary/aromatic N) is 2. The van der Waals surface area contributed by atoms with Gasteiger partial charge in [-0.2, -0.15) is 22.0 Å². The monoisotopic (exact) mass is 454 g/mol. The summed E-state index contributed by atoms with van der Waals surface area (Å²) in [5.41, 5.74) is -0.138. The summed E-state index contributed by atoms with van der Waals surface area (Å²) in [6, 6.07) is 5.16. The number of pyridine rings is 1. The third-order valence-corrected chi connectivity index (χ3v) is 4.94. The number of aromatic nitrogens is 1. The molecule has 0 saturated carbocycles. The van der Waals surface area contributed by atoms with Crippen LogP contribution in [-0.4, -0.2) is 32.2 Å². The minimum Gasteiger partial charge on any atom is -0.428 e. The lowest BCUT2D eigenvalue weighted by atomic mass is 10.1. The van der Waals surface area contributed by atoms with Crippen LogP contribution in [0.1, 0.15) is 32.0 Å². The van der Waals surface area contributed by atoms with Crippen molar-refractivity contribution < 1.29 is 30.9 Å². The fourth-order valence-corrected chi connectivity index (χ4v) is 2.69. The Morgan fingerprint density at radius 2 is 1.86 bits per heavy atom. The number of alkyl halides is 4. The van der Waals surface area contributed by atoms with Gasteiger partial charge in [0.15, 0.2) is 0 Å². The second-order valence-electron chi connectivity index (χ2n) is 6.80. The van der Waals surface area contributed by atoms with Crippen LogP contribution in [0.25, 0.3) is 0 Å². The van der Waals surface area contributed by atoms with Crippen LogP contribution in [0.15, 0.2) is 40.9 Å². The normalized spacial score (nSPS) is 14.2. The highest BCUT2D eigenvalue weighted by atomic mass is 35.5. The van der Waals surface area contributed by atoms with Crippen LogP contribution < -0.4 is 4.74 Å². The molecule has 2 rings (SSSR count). The van der Waals surface area contributed by atoms with Crippen molar-refractivity contribution in [2.45, 2.75) is 38.1 Å². The van der Waals surface area contributed by atoms with Gasteiger partial charge in [0.25, 0.3) is 0 Å². The molecule has 2 aromatic rings. The molecule has 0 bridgehead atoms. The van der Waals surface area contributed by atoms with Gasteiger partial charge in [-0.15, -0.1) is 0 Å². The van der Waals surface area contributed by atoms with Crippen molar-refractivity contribution in [3.05, 3.63) is 58.6 Å². The van der Waals surface area contributed by atoms with Gasteiger partial charge in [-0.3, -0.25) is 4.98 Å². The largest absolute Gasteiger partial charge is 0.461 e. The van der Waals surface area contributed by atoms with E-state index in [1.165, 1.54) is 18.3 Å². The molecule has 0 amide bonds. The van der Waals surface area contributed by atoms with Gasteiger partial charge in [-0.05, 0) is 45.0 Å². The van der Waals surface area contributed by atoms with E-state index in [1.807, 2.05) is 0 Å². The Bertz CT molecular complexity index is 931. The van der Waals surface area contributed by atoms with Crippen LogP contribution in [0.2, 0.25) is 5.02 Å². The number of hydrogen-bond donors (Lipinski definition) is 0. The smallest absolute Gasteiger partial charge is 0.428 e. The van der Waals surface area contributed by atoms with Gasteiger partial charge in [0, 0.05) is 17.8 Å². The maximum absolute atomic E-state index is 14.0. The third-order valence-electron chi connectivity index (χ3n) is 3.32. The van der Waals surface area contributed by atoms with E-state index in [-0.39, 0.29) is 22.0 Å². The Balaban J connectivity index is 2.60. The molecule has 158 valence electrons. The standard InChI is InChI=1S/C18H16ClF5N2O2S/c1-17(2,3)29(27)26-15(14-5-4-11(19)9-25-14)10-6-12(20)8-13(7-10)28-18(23,24)16(21)22/h4-9,16H,1-3H3/b26-15+/t29-/m0/s1. The summed E-state index contributed by atoms with van der Waals surface area (Å²) in [4.78, 5) is 4.02. The van der Waals surface area contributed by atoms with Crippen molar-refractivity contribution in [2.75, 3.05) is 0 Å². The second kappa shape index (κ2) is 8.74. The van der Waals surface area contributed by atoms with E-state index in [1.54, 1.807) is 20.8 Å². The average molecular weight is 455 g/mol. The quantitative estimate of drug-likeness (QED) is 0.433. The van der Waals surface area contributed by atoms with Crippen molar-refractivity contribution in [1.82, 2.24) is 4.98 Å². The van der Waals surface area contributed by atoms with Crippen molar-refractivity contribution in [1.29, 1.82) is 0 Å². The van der Waals surface area contributed by atoms with Crippen LogP contribution in [0.3, 0.4) is 0 Å². The van der Waals surface area contributed by atoms with Gasteiger partial charge >= 0.3 is 12.5 Å². The fraction of sp³-hybridized carbons (Fsp3) is 0.333. The first-order valence-electron chi connectivity index (χ1n) is 8.08. The lowest BCUT2D eigenvalue weighted by molar-refractivity contribution is -0.253. The SMILES string of the molecule is CC(C)(C)[S@](=O)/N=C(\c1cc(F)cc(OC(F)(F)C(F)F)c1)c1ccc(Cl)cn1. The van der Waals surface area contributed by atoms with Crippen LogP contribution in [-0.2, 0) is 11.0 Å². The first-order valence-corrected chi connectivity index (χ1v) is 9.56. The molecule has 0 radical (unpaired) electrons. The topological polar surface area (TPSA) is 51.5 Å². The second-order valence-corrected chi connectivity index (χ2v) is 9.15. The van der Waals surface area contributed by atoms with Gasteiger partial charge in [0.2, 0.25) is 0 Å². The Morgan fingerprint density at radius 3 is 2.38 bits per heavy atom. The molecule has 0 spiro atoms. The minimum absolute atomic E-state index is 0.111. The van der Waals surface area contributed by atoms with Gasteiger partial charge in [-0.1, -0.05) is 11.6 Å². The lowest BCUT2D eigenvalue weighted by Crippen LogP contribution is -2.33. The molecule has 11 heteroatoms. The number of ether oxygens (including phenoxy) is 1. The average Bonchev–Trinajstić information content (AvgIpc) is 2.58. The summed E-state index contributed by atoms with van der Waals surface area (Å²) < 4.78 is 85.0. The Hall–Kier alpha value is -2.07. The summed E-state index contributed by atoms with van der Waals surface area (Å²) in [6.45, 7) is 4.93. The number of benzene rings is 1. The molecule has 1 aromatic carbocycles. The summed E-state index contributed by atoms with van der Waals surface area (Å²) in [5, 5.41) is 0.282. The molecule has 29 heavy (non-hydrogen) atoms. The van der Waals surface area contributed by atoms with Crippen molar-refractivity contribution >= 4 is 28.3 Å². The van der Waals surface area contributed by atoms with Crippen molar-refractivity contribution in [3.8, 4) is 5.75 Å². The van der Waals surface area contributed by atoms with Gasteiger partial charge in [0.05, 0.1) is 15.5 Å². The van der Waals surface area contributed by atoms with Crippen molar-refractivity contribution in [2.24, 2.45) is 4.40 Å². The fourth-order valence-electron chi connectivity index (χ4n) is 1.94. The molecule has 0 N–H and O–H groups in total. The summed E-state index contributed by atoms with van der Waals surface area (Å²) in [7, 11) is -1.83. The first kappa shape index (κ1) is 23.2. The first-order chi connectivity index (χ1) is 13.3. The van der Waals surface area contributed by atoms with E-state index in [2.05, 4.69) is 14.1 Å². The molecule has 1 aromatic heterocycles. The Labute approximate surface area is 171 Å². The highest BCUT2D eigenvalue weighted by Crippen LogP contribution is 2.29. The summed E-state index contributed by atoms with van der Waals surface area (Å²) in [6.07, 6.45) is -7.68. The molecule has 0 fully saturated rings. The summed E-state index contributed by atoms with van der Waals surface area (Å²) >= 11 is 5.80. The van der Waals surface area contributed by atoms with Gasteiger partial charge in [-0.25, -0.2) is 8.60 Å². The molecule has 0 unspecified atom stereocenters. The molecular formula is C18H16ClF5N2O2S. The molecule has 0 saturated heterocycles. The van der Waals surface area contributed by atoms with Crippen LogP contribution >= 0.6 is 11.6 Å². The lowest BCUT2D eigenvalue weighted by Gasteiger charge is -2.18. The van der Waals surface area contributed by atoms with Crippen molar-refractivity contribution in [3.63, 3.8) is 0 Å². The maximum Gasteiger partial charge on any atom is 0.461 e. The predicted octanol–water partition coefficient (Wildman–Crippen LogP) is 5.41. The molecule has 0 aliphatic carbocycles. The van der Waals surface area contributed by atoms with E-state index in [9.17, 15) is 26.2 Å². The molecule has 1 atom stereocenters. The third kappa shape index (κ3) is 6.20. The molecular weight excluding hydrogens is 439 g/mol. The highest BCUT2D eigenvalue weighted by Gasteiger charge is 2.44. The molecule has 0 aliphatic rings. The van der Waals surface area contributed by atoms with E-state index < -0.39 is 39.8 Å². The number of rotatable bonds is 6. The summed E-state index contributed by atoms with van der Waals surface area (Å²) in [5.74, 6) is -1.90. The van der Waals surface area contributed by atoms with Crippen LogP contribution in [0.5, 0.6) is 5.75 Å². The number of hydrogen-bond acceptors (Lipinski definition) is 3. The number of halogens is 6. The molecule has 1 heterocycles. The van der Waals surface area contributed by atoms with Crippen LogP contribution in [0, 0.1) is 5.82 Å². The molecule has 4 nitrogen and oxygen atoms in total. The predicted molar refractivity (Wildman–Crippen MR) is 101 cm³/mol. The van der Waals surface area contributed by atoms with E-state index in [0.29, 0.717) is 6.07 Å². The zero-order valence-corrected chi connectivity index (χ0v) is 17.0. The Kier molecular flexibility index (Phi) is 7.00. The van der Waals surface area contributed by atoms with Crippen LogP contribution in [0.4, 0.5) is 22.0 Å². The van der Waals surface area contributed by atoms with Gasteiger partial charge in [0.1, 0.15) is 28.3 Å². The highest BCUT2D eigenvalue weighted by molar-refractivity contribution is 7.85. The molecule has 0 aliphatic heterocycles. The minimum atomic E-state index is -4.82. The van der Waals surface area contributed by atoms with E-state index in [0.717, 1.165) is 12.1 Å². The maximum atomic E-state index is 14.0. The van der Waals surface area contributed by atoms with E-state index in [4.69, 9.17) is 11.6 Å². The Morgan fingerprint density at radius 1 is 1.21 bits per heavy atom. The van der Waals surface area contributed by atoms with E-state index >= 15 is 0 Å². The zero-order chi connectivity index (χ0) is 22.0. The zero-order valence-electron chi connectivity index (χ0n) is 15.4. The van der Waals surface area contributed by atoms with Gasteiger partial charge < -0.3 is 4.74 Å².